The van der Waals surface area contributed by atoms with Crippen LogP contribution < -0.4 is 10.1 Å². The van der Waals surface area contributed by atoms with Crippen molar-refractivity contribution in [2.45, 2.75) is 32.0 Å². The summed E-state index contributed by atoms with van der Waals surface area (Å²) in [5, 5.41) is 2.23. The molecule has 0 aliphatic carbocycles. The van der Waals surface area contributed by atoms with Gasteiger partial charge in [0.2, 0.25) is 11.8 Å². The number of rotatable bonds is 4. The summed E-state index contributed by atoms with van der Waals surface area (Å²) in [5.74, 6) is -1.67. The van der Waals surface area contributed by atoms with Crippen LogP contribution in [0.3, 0.4) is 0 Å². The van der Waals surface area contributed by atoms with Crippen LogP contribution in [-0.4, -0.2) is 28.7 Å². The first-order valence-corrected chi connectivity index (χ1v) is 8.67. The Labute approximate surface area is 154 Å². The van der Waals surface area contributed by atoms with Crippen LogP contribution in [0.25, 0.3) is 0 Å². The second-order valence-corrected chi connectivity index (χ2v) is 6.57. The summed E-state index contributed by atoms with van der Waals surface area (Å²) in [7, 11) is 0. The first kappa shape index (κ1) is 17.2. The summed E-state index contributed by atoms with van der Waals surface area (Å²) in [6.45, 7) is 0.355. The number of hydrogen-bond acceptors (Lipinski definition) is 4. The highest BCUT2D eigenvalue weighted by atomic mass is 19.1. The predicted octanol–water partition coefficient (Wildman–Crippen LogP) is 2.17. The summed E-state index contributed by atoms with van der Waals surface area (Å²) in [4.78, 5) is 37.5. The minimum absolute atomic E-state index is 0.0646. The number of hydrogen-bond donors (Lipinski definition) is 1. The summed E-state index contributed by atoms with van der Waals surface area (Å²) < 4.78 is 20.1. The Hall–Kier alpha value is -3.22. The molecule has 0 aromatic heterocycles. The van der Waals surface area contributed by atoms with E-state index >= 15 is 0 Å². The lowest BCUT2D eigenvalue weighted by Gasteiger charge is -2.29. The molecular weight excluding hydrogens is 351 g/mol. The van der Waals surface area contributed by atoms with Gasteiger partial charge in [0.1, 0.15) is 24.2 Å². The molecule has 2 aromatic carbocycles. The highest BCUT2D eigenvalue weighted by molar-refractivity contribution is 6.05. The molecule has 1 fully saturated rings. The third kappa shape index (κ3) is 3.16. The van der Waals surface area contributed by atoms with Gasteiger partial charge in [-0.15, -0.1) is 0 Å². The van der Waals surface area contributed by atoms with Crippen molar-refractivity contribution in [3.63, 3.8) is 0 Å². The van der Waals surface area contributed by atoms with E-state index in [0.29, 0.717) is 11.3 Å². The third-order valence-corrected chi connectivity index (χ3v) is 4.85. The molecule has 3 amide bonds. The molecule has 0 spiro atoms. The predicted molar refractivity (Wildman–Crippen MR) is 93.2 cm³/mol. The number of piperidine rings is 1. The van der Waals surface area contributed by atoms with Gasteiger partial charge in [-0.25, -0.2) is 4.39 Å². The van der Waals surface area contributed by atoms with Crippen molar-refractivity contribution in [3.8, 4) is 5.75 Å². The van der Waals surface area contributed by atoms with E-state index in [1.165, 1.54) is 17.0 Å². The number of amides is 3. The quantitative estimate of drug-likeness (QED) is 0.840. The second kappa shape index (κ2) is 6.83. The number of ether oxygens (including phenoxy) is 1. The molecule has 0 radical (unpaired) electrons. The number of imide groups is 1. The molecule has 0 saturated carbocycles. The number of nitrogens with zero attached hydrogens (tertiary/aromatic N) is 1. The van der Waals surface area contributed by atoms with Crippen LogP contribution in [0, 0.1) is 5.82 Å². The smallest absolute Gasteiger partial charge is 0.258 e. The Kier molecular flexibility index (Phi) is 4.35. The van der Waals surface area contributed by atoms with Crippen LogP contribution in [0.1, 0.15) is 34.3 Å². The van der Waals surface area contributed by atoms with E-state index in [2.05, 4.69) is 5.32 Å². The van der Waals surface area contributed by atoms with Crippen molar-refractivity contribution in [2.24, 2.45) is 0 Å². The average Bonchev–Trinajstić information content (AvgIpc) is 3.00. The number of benzene rings is 2. The molecule has 1 saturated heterocycles. The molecule has 4 rings (SSSR count). The molecule has 1 unspecified atom stereocenters. The molecule has 1 atom stereocenters. The average molecular weight is 368 g/mol. The van der Waals surface area contributed by atoms with Crippen molar-refractivity contribution in [3.05, 3.63) is 65.0 Å². The summed E-state index contributed by atoms with van der Waals surface area (Å²) in [6.07, 6.45) is 0.378. The van der Waals surface area contributed by atoms with Crippen LogP contribution in [0.15, 0.2) is 42.5 Å². The van der Waals surface area contributed by atoms with Crippen molar-refractivity contribution >= 4 is 17.7 Å². The van der Waals surface area contributed by atoms with Crippen LogP contribution in [0.2, 0.25) is 0 Å². The van der Waals surface area contributed by atoms with Crippen LogP contribution >= 0.6 is 0 Å². The molecular formula is C20H17FN2O4. The van der Waals surface area contributed by atoms with Gasteiger partial charge in [0, 0.05) is 12.0 Å². The van der Waals surface area contributed by atoms with E-state index in [9.17, 15) is 18.8 Å². The lowest BCUT2D eigenvalue weighted by Crippen LogP contribution is -2.52. The van der Waals surface area contributed by atoms with Crippen LogP contribution in [0.4, 0.5) is 4.39 Å². The minimum atomic E-state index is -0.788. The van der Waals surface area contributed by atoms with Crippen LogP contribution in [0.5, 0.6) is 5.75 Å². The van der Waals surface area contributed by atoms with Crippen molar-refractivity contribution in [1.82, 2.24) is 10.2 Å². The number of fused-ring (bicyclic) bond motifs is 1. The lowest BCUT2D eigenvalue weighted by atomic mass is 10.0. The first-order valence-electron chi connectivity index (χ1n) is 8.67. The number of halogens is 1. The van der Waals surface area contributed by atoms with E-state index in [1.54, 1.807) is 0 Å². The Bertz CT molecular complexity index is 929. The maximum Gasteiger partial charge on any atom is 0.258 e. The monoisotopic (exact) mass is 368 g/mol. The van der Waals surface area contributed by atoms with Crippen molar-refractivity contribution < 1.29 is 23.5 Å². The summed E-state index contributed by atoms with van der Waals surface area (Å²) in [6, 6.07) is 11.4. The Morgan fingerprint density at radius 2 is 1.89 bits per heavy atom. The summed E-state index contributed by atoms with van der Waals surface area (Å²) >= 11 is 0. The third-order valence-electron chi connectivity index (χ3n) is 4.85. The number of nitrogens with one attached hydrogen (secondary N) is 1. The van der Waals surface area contributed by atoms with Gasteiger partial charge in [-0.3, -0.25) is 19.7 Å². The summed E-state index contributed by atoms with van der Waals surface area (Å²) in [5.41, 5.74) is 1.31. The van der Waals surface area contributed by atoms with Gasteiger partial charge in [0.05, 0.1) is 12.1 Å². The van der Waals surface area contributed by atoms with E-state index in [4.69, 9.17) is 4.74 Å². The van der Waals surface area contributed by atoms with E-state index in [1.807, 2.05) is 30.3 Å². The lowest BCUT2D eigenvalue weighted by molar-refractivity contribution is -0.136. The van der Waals surface area contributed by atoms with E-state index in [0.717, 1.165) is 5.56 Å². The zero-order valence-electron chi connectivity index (χ0n) is 14.4. The fourth-order valence-electron chi connectivity index (χ4n) is 3.48. The van der Waals surface area contributed by atoms with E-state index in [-0.39, 0.29) is 37.5 Å². The Morgan fingerprint density at radius 1 is 1.11 bits per heavy atom. The van der Waals surface area contributed by atoms with Gasteiger partial charge in [0.25, 0.3) is 5.91 Å². The topological polar surface area (TPSA) is 75.7 Å². The van der Waals surface area contributed by atoms with Gasteiger partial charge in [-0.05, 0) is 24.1 Å². The maximum absolute atomic E-state index is 14.3. The largest absolute Gasteiger partial charge is 0.489 e. The molecule has 2 aromatic rings. The molecule has 6 nitrogen and oxygen atoms in total. The molecule has 0 bridgehead atoms. The van der Waals surface area contributed by atoms with Gasteiger partial charge in [-0.1, -0.05) is 30.3 Å². The Balaban J connectivity index is 1.59. The SMILES string of the molecule is O=C1CCC(N2Cc3c(OCc4ccccc4)ccc(F)c3C2=O)C(=O)N1. The Morgan fingerprint density at radius 3 is 2.63 bits per heavy atom. The van der Waals surface area contributed by atoms with Crippen molar-refractivity contribution in [1.29, 1.82) is 0 Å². The van der Waals surface area contributed by atoms with Gasteiger partial charge >= 0.3 is 0 Å². The molecule has 27 heavy (non-hydrogen) atoms. The van der Waals surface area contributed by atoms with Crippen molar-refractivity contribution in [2.75, 3.05) is 0 Å². The van der Waals surface area contributed by atoms with Gasteiger partial charge < -0.3 is 9.64 Å². The van der Waals surface area contributed by atoms with Gasteiger partial charge in [0.15, 0.2) is 0 Å². The number of carbonyl (C=O) groups excluding carboxylic acids is 3. The molecule has 1 N–H and O–H groups in total. The zero-order valence-corrected chi connectivity index (χ0v) is 14.4. The van der Waals surface area contributed by atoms with Gasteiger partial charge in [-0.2, -0.15) is 0 Å². The standard InChI is InChI=1S/C20H17FN2O4/c21-14-6-8-16(27-11-12-4-2-1-3-5-12)13-10-23(20(26)18(13)14)15-7-9-17(24)22-19(15)25/h1-6,8,15H,7,9-11H2,(H,22,24,25). The molecule has 7 heteroatoms. The fourth-order valence-corrected chi connectivity index (χ4v) is 3.48. The highest BCUT2D eigenvalue weighted by Gasteiger charge is 2.41. The minimum Gasteiger partial charge on any atom is -0.489 e. The fraction of sp³-hybridized carbons (Fsp3) is 0.250. The van der Waals surface area contributed by atoms with E-state index < -0.39 is 23.7 Å². The normalized spacial score (nSPS) is 19.1. The zero-order chi connectivity index (χ0) is 19.0. The highest BCUT2D eigenvalue weighted by Crippen LogP contribution is 2.35. The molecule has 2 heterocycles. The maximum atomic E-state index is 14.3. The molecule has 138 valence electrons. The second-order valence-electron chi connectivity index (χ2n) is 6.57. The molecule has 2 aliphatic rings. The first-order chi connectivity index (χ1) is 13.0. The number of carbonyl (C=O) groups is 3. The molecule has 2 aliphatic heterocycles. The van der Waals surface area contributed by atoms with Crippen LogP contribution in [-0.2, 0) is 22.7 Å².